The molecule has 0 spiro atoms. The minimum Gasteiger partial charge on any atom is -0.497 e. The van der Waals surface area contributed by atoms with Crippen LogP contribution in [0.2, 0.25) is 0 Å². The van der Waals surface area contributed by atoms with Crippen LogP contribution >= 0.6 is 0 Å². The van der Waals surface area contributed by atoms with Crippen LogP contribution in [0.25, 0.3) is 0 Å². The molecule has 0 saturated carbocycles. The van der Waals surface area contributed by atoms with Crippen molar-refractivity contribution in [3.8, 4) is 5.75 Å². The SMILES string of the molecule is COc1ccc(C(C)(C)CNC(=O)CC(C)C2CCCNC2)cc1. The molecule has 2 unspecified atom stereocenters. The van der Waals surface area contributed by atoms with Crippen LogP contribution in [0.5, 0.6) is 5.75 Å². The largest absolute Gasteiger partial charge is 0.497 e. The molecule has 1 amide bonds. The number of piperidine rings is 1. The Kier molecular flexibility index (Phi) is 6.67. The highest BCUT2D eigenvalue weighted by Crippen LogP contribution is 2.25. The maximum atomic E-state index is 12.3. The lowest BCUT2D eigenvalue weighted by molar-refractivity contribution is -0.122. The third-order valence-electron chi connectivity index (χ3n) is 5.25. The Balaban J connectivity index is 1.82. The summed E-state index contributed by atoms with van der Waals surface area (Å²) in [7, 11) is 1.67. The van der Waals surface area contributed by atoms with Crippen molar-refractivity contribution in [3.05, 3.63) is 29.8 Å². The first kappa shape index (κ1) is 18.8. The Morgan fingerprint density at radius 2 is 2.08 bits per heavy atom. The molecule has 0 aromatic heterocycles. The van der Waals surface area contributed by atoms with Crippen molar-refractivity contribution in [3.63, 3.8) is 0 Å². The van der Waals surface area contributed by atoms with Crippen molar-refractivity contribution in [2.75, 3.05) is 26.7 Å². The maximum Gasteiger partial charge on any atom is 0.220 e. The summed E-state index contributed by atoms with van der Waals surface area (Å²) in [6.07, 6.45) is 3.07. The van der Waals surface area contributed by atoms with E-state index in [2.05, 4.69) is 43.5 Å². The Morgan fingerprint density at radius 1 is 1.38 bits per heavy atom. The van der Waals surface area contributed by atoms with Gasteiger partial charge in [0.25, 0.3) is 0 Å². The molecular weight excluding hydrogens is 300 g/mol. The van der Waals surface area contributed by atoms with E-state index >= 15 is 0 Å². The number of ether oxygens (including phenoxy) is 1. The zero-order valence-corrected chi connectivity index (χ0v) is 15.5. The Hall–Kier alpha value is -1.55. The smallest absolute Gasteiger partial charge is 0.220 e. The average molecular weight is 332 g/mol. The van der Waals surface area contributed by atoms with Crippen LogP contribution in [0, 0.1) is 11.8 Å². The number of rotatable bonds is 7. The molecule has 0 aliphatic carbocycles. The normalized spacial score (nSPS) is 19.6. The van der Waals surface area contributed by atoms with Crippen molar-refractivity contribution >= 4 is 5.91 Å². The fourth-order valence-corrected chi connectivity index (χ4v) is 3.36. The van der Waals surface area contributed by atoms with Crippen LogP contribution in [0.3, 0.4) is 0 Å². The minimum atomic E-state index is -0.0996. The first-order valence-corrected chi connectivity index (χ1v) is 9.04. The Bertz CT molecular complexity index is 519. The van der Waals surface area contributed by atoms with Gasteiger partial charge in [0.2, 0.25) is 5.91 Å². The summed E-state index contributed by atoms with van der Waals surface area (Å²) < 4.78 is 5.21. The summed E-state index contributed by atoms with van der Waals surface area (Å²) in [4.78, 5) is 12.3. The van der Waals surface area contributed by atoms with Crippen LogP contribution in [-0.2, 0) is 10.2 Å². The number of benzene rings is 1. The Labute approximate surface area is 146 Å². The lowest BCUT2D eigenvalue weighted by atomic mass is 9.83. The molecule has 4 nitrogen and oxygen atoms in total. The van der Waals surface area contributed by atoms with E-state index in [1.807, 2.05) is 12.1 Å². The number of carbonyl (C=O) groups excluding carboxylic acids is 1. The number of methoxy groups -OCH3 is 1. The first-order chi connectivity index (χ1) is 11.4. The van der Waals surface area contributed by atoms with E-state index in [1.165, 1.54) is 18.4 Å². The van der Waals surface area contributed by atoms with Crippen LogP contribution in [-0.4, -0.2) is 32.7 Å². The Morgan fingerprint density at radius 3 is 2.67 bits per heavy atom. The van der Waals surface area contributed by atoms with Crippen LogP contribution in [0.15, 0.2) is 24.3 Å². The first-order valence-electron chi connectivity index (χ1n) is 9.04. The lowest BCUT2D eigenvalue weighted by Crippen LogP contribution is -2.39. The standard InChI is InChI=1S/C20H32N2O2/c1-15(16-6-5-11-21-13-16)12-19(23)22-14-20(2,3)17-7-9-18(24-4)10-8-17/h7-10,15-16,21H,5-6,11-14H2,1-4H3,(H,22,23). The van der Waals surface area contributed by atoms with Crippen molar-refractivity contribution in [1.29, 1.82) is 0 Å². The molecule has 2 rings (SSSR count). The molecule has 1 heterocycles. The molecular formula is C20H32N2O2. The summed E-state index contributed by atoms with van der Waals surface area (Å²) in [5.74, 6) is 2.07. The van der Waals surface area contributed by atoms with Gasteiger partial charge in [0.15, 0.2) is 0 Å². The summed E-state index contributed by atoms with van der Waals surface area (Å²) in [6.45, 7) is 9.32. The topological polar surface area (TPSA) is 50.4 Å². The van der Waals surface area contributed by atoms with Gasteiger partial charge in [-0.2, -0.15) is 0 Å². The highest BCUT2D eigenvalue weighted by molar-refractivity contribution is 5.76. The van der Waals surface area contributed by atoms with Crippen LogP contribution in [0.4, 0.5) is 0 Å². The van der Waals surface area contributed by atoms with Gasteiger partial charge in [-0.05, 0) is 55.5 Å². The van der Waals surface area contributed by atoms with E-state index in [0.29, 0.717) is 24.8 Å². The molecule has 24 heavy (non-hydrogen) atoms. The second kappa shape index (κ2) is 8.52. The summed E-state index contributed by atoms with van der Waals surface area (Å²) in [5.41, 5.74) is 1.10. The molecule has 0 bridgehead atoms. The van der Waals surface area contributed by atoms with E-state index in [0.717, 1.165) is 18.8 Å². The van der Waals surface area contributed by atoms with Gasteiger partial charge in [-0.3, -0.25) is 4.79 Å². The molecule has 1 aromatic carbocycles. The number of amides is 1. The van der Waals surface area contributed by atoms with E-state index in [9.17, 15) is 4.79 Å². The van der Waals surface area contributed by atoms with E-state index in [-0.39, 0.29) is 11.3 Å². The summed E-state index contributed by atoms with van der Waals surface area (Å²) in [5, 5.41) is 6.56. The zero-order valence-electron chi connectivity index (χ0n) is 15.5. The zero-order chi connectivity index (χ0) is 17.6. The predicted molar refractivity (Wildman–Crippen MR) is 98.4 cm³/mol. The molecule has 1 saturated heterocycles. The maximum absolute atomic E-state index is 12.3. The third-order valence-corrected chi connectivity index (χ3v) is 5.25. The number of hydrogen-bond donors (Lipinski definition) is 2. The van der Waals surface area contributed by atoms with Gasteiger partial charge in [0.1, 0.15) is 5.75 Å². The fourth-order valence-electron chi connectivity index (χ4n) is 3.36. The van der Waals surface area contributed by atoms with Crippen molar-refractivity contribution < 1.29 is 9.53 Å². The van der Waals surface area contributed by atoms with Crippen molar-refractivity contribution in [1.82, 2.24) is 10.6 Å². The number of carbonyl (C=O) groups is 1. The van der Waals surface area contributed by atoms with Gasteiger partial charge < -0.3 is 15.4 Å². The summed E-state index contributed by atoms with van der Waals surface area (Å²) in [6, 6.07) is 8.08. The van der Waals surface area contributed by atoms with Gasteiger partial charge in [-0.25, -0.2) is 0 Å². The second-order valence-corrected chi connectivity index (χ2v) is 7.68. The monoisotopic (exact) mass is 332 g/mol. The molecule has 4 heteroatoms. The predicted octanol–water partition coefficient (Wildman–Crippen LogP) is 3.11. The van der Waals surface area contributed by atoms with Gasteiger partial charge >= 0.3 is 0 Å². The molecule has 134 valence electrons. The van der Waals surface area contributed by atoms with Gasteiger partial charge in [0, 0.05) is 18.4 Å². The highest BCUT2D eigenvalue weighted by Gasteiger charge is 2.24. The molecule has 1 aliphatic rings. The van der Waals surface area contributed by atoms with Crippen LogP contribution < -0.4 is 15.4 Å². The fraction of sp³-hybridized carbons (Fsp3) is 0.650. The van der Waals surface area contributed by atoms with Gasteiger partial charge in [-0.1, -0.05) is 32.9 Å². The molecule has 1 aromatic rings. The van der Waals surface area contributed by atoms with E-state index in [1.54, 1.807) is 7.11 Å². The third kappa shape index (κ3) is 5.23. The molecule has 2 atom stereocenters. The molecule has 0 radical (unpaired) electrons. The van der Waals surface area contributed by atoms with Gasteiger partial charge in [0.05, 0.1) is 7.11 Å². The molecule has 2 N–H and O–H groups in total. The van der Waals surface area contributed by atoms with Crippen molar-refractivity contribution in [2.24, 2.45) is 11.8 Å². The lowest BCUT2D eigenvalue weighted by Gasteiger charge is -2.29. The van der Waals surface area contributed by atoms with E-state index < -0.39 is 0 Å². The van der Waals surface area contributed by atoms with Crippen LogP contribution in [0.1, 0.15) is 45.6 Å². The highest BCUT2D eigenvalue weighted by atomic mass is 16.5. The quantitative estimate of drug-likeness (QED) is 0.806. The average Bonchev–Trinajstić information content (AvgIpc) is 2.61. The van der Waals surface area contributed by atoms with Gasteiger partial charge in [-0.15, -0.1) is 0 Å². The number of hydrogen-bond acceptors (Lipinski definition) is 3. The van der Waals surface area contributed by atoms with E-state index in [4.69, 9.17) is 4.74 Å². The minimum absolute atomic E-state index is 0.0996. The summed E-state index contributed by atoms with van der Waals surface area (Å²) >= 11 is 0. The molecule has 1 aliphatic heterocycles. The van der Waals surface area contributed by atoms with Crippen molar-refractivity contribution in [2.45, 2.75) is 45.4 Å². The number of nitrogens with one attached hydrogen (secondary N) is 2. The molecule has 1 fully saturated rings. The second-order valence-electron chi connectivity index (χ2n) is 7.68.